The maximum atomic E-state index is 11.8. The van der Waals surface area contributed by atoms with Crippen molar-refractivity contribution in [2.24, 2.45) is 5.92 Å². The van der Waals surface area contributed by atoms with Crippen molar-refractivity contribution in [2.75, 3.05) is 33.7 Å². The van der Waals surface area contributed by atoms with Gasteiger partial charge in [-0.1, -0.05) is 12.8 Å². The lowest BCUT2D eigenvalue weighted by molar-refractivity contribution is 0.446. The Hall–Kier alpha value is -0.170. The van der Waals surface area contributed by atoms with E-state index < -0.39 is 10.2 Å². The van der Waals surface area contributed by atoms with Gasteiger partial charge in [-0.2, -0.15) is 12.7 Å². The highest BCUT2D eigenvalue weighted by molar-refractivity contribution is 7.87. The van der Waals surface area contributed by atoms with Gasteiger partial charge in [0.05, 0.1) is 0 Å². The van der Waals surface area contributed by atoms with E-state index in [0.717, 1.165) is 31.7 Å². The summed E-state index contributed by atoms with van der Waals surface area (Å²) in [6.45, 7) is 1.95. The smallest absolute Gasteiger partial charge is 0.279 e. The van der Waals surface area contributed by atoms with E-state index in [4.69, 9.17) is 0 Å². The van der Waals surface area contributed by atoms with E-state index in [1.54, 1.807) is 7.05 Å². The first-order valence-corrected chi connectivity index (χ1v) is 7.86. The van der Waals surface area contributed by atoms with E-state index >= 15 is 0 Å². The van der Waals surface area contributed by atoms with Crippen molar-refractivity contribution in [3.63, 3.8) is 0 Å². The molecule has 0 aromatic rings. The van der Waals surface area contributed by atoms with Crippen molar-refractivity contribution in [1.29, 1.82) is 0 Å². The fourth-order valence-corrected chi connectivity index (χ4v) is 2.70. The van der Waals surface area contributed by atoms with E-state index in [-0.39, 0.29) is 0 Å². The lowest BCUT2D eigenvalue weighted by Gasteiger charge is -2.17. The van der Waals surface area contributed by atoms with E-state index in [2.05, 4.69) is 10.0 Å². The van der Waals surface area contributed by atoms with Crippen LogP contribution in [-0.2, 0) is 10.2 Å². The van der Waals surface area contributed by atoms with Crippen LogP contribution in [-0.4, -0.2) is 46.5 Å². The molecule has 6 heteroatoms. The van der Waals surface area contributed by atoms with Crippen LogP contribution in [0.3, 0.4) is 0 Å². The average Bonchev–Trinajstić information content (AvgIpc) is 3.08. The Bertz CT molecular complexity index is 302. The van der Waals surface area contributed by atoms with Crippen LogP contribution in [0, 0.1) is 5.92 Å². The van der Waals surface area contributed by atoms with Gasteiger partial charge >= 0.3 is 0 Å². The molecule has 1 aliphatic carbocycles. The topological polar surface area (TPSA) is 61.4 Å². The summed E-state index contributed by atoms with van der Waals surface area (Å²) in [5.41, 5.74) is 0. The van der Waals surface area contributed by atoms with Gasteiger partial charge in [0.15, 0.2) is 0 Å². The maximum absolute atomic E-state index is 11.8. The van der Waals surface area contributed by atoms with Crippen LogP contribution < -0.4 is 10.0 Å². The van der Waals surface area contributed by atoms with Gasteiger partial charge in [0.1, 0.15) is 0 Å². The molecule has 1 rings (SSSR count). The minimum Gasteiger partial charge on any atom is -0.320 e. The molecule has 1 aliphatic rings. The molecule has 0 radical (unpaired) electrons. The fourth-order valence-electron chi connectivity index (χ4n) is 1.71. The Balaban J connectivity index is 2.13. The van der Waals surface area contributed by atoms with E-state index in [9.17, 15) is 8.42 Å². The zero-order valence-corrected chi connectivity index (χ0v) is 11.7. The standard InChI is InChI=1S/C11H25N3O2S/c1-12-8-4-10-14(2)17(15,16)13-9-3-5-11-6-7-11/h11-13H,3-10H2,1-2H3. The molecule has 0 atom stereocenters. The highest BCUT2D eigenvalue weighted by atomic mass is 32.2. The van der Waals surface area contributed by atoms with Crippen molar-refractivity contribution in [1.82, 2.24) is 14.3 Å². The maximum Gasteiger partial charge on any atom is 0.279 e. The average molecular weight is 263 g/mol. The van der Waals surface area contributed by atoms with Gasteiger partial charge in [-0.25, -0.2) is 4.72 Å². The van der Waals surface area contributed by atoms with Gasteiger partial charge in [-0.05, 0) is 38.8 Å². The van der Waals surface area contributed by atoms with Crippen LogP contribution in [0.4, 0.5) is 0 Å². The van der Waals surface area contributed by atoms with Crippen molar-refractivity contribution in [2.45, 2.75) is 32.1 Å². The molecule has 0 saturated heterocycles. The lowest BCUT2D eigenvalue weighted by atomic mass is 10.2. The molecule has 0 heterocycles. The Morgan fingerprint density at radius 3 is 2.53 bits per heavy atom. The highest BCUT2D eigenvalue weighted by Crippen LogP contribution is 2.33. The first kappa shape index (κ1) is 14.9. The summed E-state index contributed by atoms with van der Waals surface area (Å²) < 4.78 is 27.6. The number of rotatable bonds is 10. The van der Waals surface area contributed by atoms with Gasteiger partial charge in [0, 0.05) is 20.1 Å². The largest absolute Gasteiger partial charge is 0.320 e. The predicted octanol–water partition coefficient (Wildman–Crippen LogP) is 0.552. The Morgan fingerprint density at radius 1 is 1.24 bits per heavy atom. The lowest BCUT2D eigenvalue weighted by Crippen LogP contribution is -2.39. The third-order valence-electron chi connectivity index (χ3n) is 3.08. The number of nitrogens with one attached hydrogen (secondary N) is 2. The predicted molar refractivity (Wildman–Crippen MR) is 70.1 cm³/mol. The van der Waals surface area contributed by atoms with Crippen LogP contribution in [0.5, 0.6) is 0 Å². The first-order valence-electron chi connectivity index (χ1n) is 6.42. The molecule has 1 fully saturated rings. The number of nitrogens with zero attached hydrogens (tertiary/aromatic N) is 1. The molecular weight excluding hydrogens is 238 g/mol. The molecule has 0 aromatic heterocycles. The second kappa shape index (κ2) is 7.31. The summed E-state index contributed by atoms with van der Waals surface area (Å²) in [7, 11) is 0.227. The molecule has 17 heavy (non-hydrogen) atoms. The molecule has 0 bridgehead atoms. The molecule has 1 saturated carbocycles. The second-order valence-corrected chi connectivity index (χ2v) is 6.63. The molecule has 0 aliphatic heterocycles. The Kier molecular flexibility index (Phi) is 6.40. The van der Waals surface area contributed by atoms with Crippen molar-refractivity contribution in [3.05, 3.63) is 0 Å². The van der Waals surface area contributed by atoms with Crippen LogP contribution in [0.25, 0.3) is 0 Å². The third kappa shape index (κ3) is 6.35. The summed E-state index contributed by atoms with van der Waals surface area (Å²) in [6, 6.07) is 0. The SMILES string of the molecule is CNCCCN(C)S(=O)(=O)NCCCC1CC1. The molecule has 102 valence electrons. The third-order valence-corrected chi connectivity index (χ3v) is 4.65. The van der Waals surface area contributed by atoms with Crippen LogP contribution >= 0.6 is 0 Å². The zero-order chi connectivity index (χ0) is 12.7. The quantitative estimate of drug-likeness (QED) is 0.566. The van der Waals surface area contributed by atoms with Crippen LogP contribution in [0.15, 0.2) is 0 Å². The van der Waals surface area contributed by atoms with Crippen molar-refractivity contribution in [3.8, 4) is 0 Å². The Morgan fingerprint density at radius 2 is 1.94 bits per heavy atom. The van der Waals surface area contributed by atoms with E-state index in [1.807, 2.05) is 7.05 Å². The van der Waals surface area contributed by atoms with Gasteiger partial charge < -0.3 is 5.32 Å². The summed E-state index contributed by atoms with van der Waals surface area (Å²) in [5, 5.41) is 3.00. The van der Waals surface area contributed by atoms with Gasteiger partial charge in [0.2, 0.25) is 0 Å². The molecule has 0 unspecified atom stereocenters. The minimum atomic E-state index is -3.26. The first-order chi connectivity index (χ1) is 8.06. The highest BCUT2D eigenvalue weighted by Gasteiger charge is 2.21. The molecular formula is C11H25N3O2S. The summed E-state index contributed by atoms with van der Waals surface area (Å²) in [4.78, 5) is 0. The fraction of sp³-hybridized carbons (Fsp3) is 1.00. The normalized spacial score (nSPS) is 16.6. The molecule has 0 spiro atoms. The summed E-state index contributed by atoms with van der Waals surface area (Å²) >= 11 is 0. The van der Waals surface area contributed by atoms with E-state index in [1.165, 1.54) is 17.1 Å². The van der Waals surface area contributed by atoms with Crippen LogP contribution in [0.2, 0.25) is 0 Å². The Labute approximate surface area is 105 Å². The van der Waals surface area contributed by atoms with Gasteiger partial charge in [0.25, 0.3) is 10.2 Å². The van der Waals surface area contributed by atoms with Gasteiger partial charge in [-0.3, -0.25) is 0 Å². The second-order valence-electron chi connectivity index (χ2n) is 4.76. The molecule has 5 nitrogen and oxygen atoms in total. The monoisotopic (exact) mass is 263 g/mol. The van der Waals surface area contributed by atoms with Crippen molar-refractivity contribution >= 4 is 10.2 Å². The molecule has 2 N–H and O–H groups in total. The van der Waals surface area contributed by atoms with Gasteiger partial charge in [-0.15, -0.1) is 0 Å². The number of hydrogen-bond donors (Lipinski definition) is 2. The summed E-state index contributed by atoms with van der Waals surface area (Å²) in [5.74, 6) is 0.868. The van der Waals surface area contributed by atoms with Crippen molar-refractivity contribution < 1.29 is 8.42 Å². The van der Waals surface area contributed by atoms with Crippen LogP contribution in [0.1, 0.15) is 32.1 Å². The minimum absolute atomic E-state index is 0.554. The molecule has 0 amide bonds. The van der Waals surface area contributed by atoms with E-state index in [0.29, 0.717) is 13.1 Å². The number of hydrogen-bond acceptors (Lipinski definition) is 3. The zero-order valence-electron chi connectivity index (χ0n) is 10.9. The molecule has 0 aromatic carbocycles. The summed E-state index contributed by atoms with van der Waals surface area (Å²) in [6.07, 6.45) is 5.60.